The van der Waals surface area contributed by atoms with E-state index in [1.807, 2.05) is 53.2 Å². The van der Waals surface area contributed by atoms with E-state index in [9.17, 15) is 0 Å². The molecular weight excluding hydrogens is 198 g/mol. The highest BCUT2D eigenvalue weighted by Crippen LogP contribution is 2.24. The monoisotopic (exact) mass is 216 g/mol. The van der Waals surface area contributed by atoms with Crippen LogP contribution in [0.5, 0.6) is 0 Å². The zero-order valence-electron chi connectivity index (χ0n) is 9.54. The molecule has 0 aromatic heterocycles. The molecule has 0 aromatic rings. The Bertz CT molecular complexity index is 274. The molecule has 0 fully saturated rings. The molecule has 1 rings (SSSR count). The van der Waals surface area contributed by atoms with Gasteiger partial charge in [0.25, 0.3) is 0 Å². The Balaban J connectivity index is 2.79. The van der Waals surface area contributed by atoms with Crippen molar-refractivity contribution in [3.8, 4) is 0 Å². The van der Waals surface area contributed by atoms with Crippen molar-refractivity contribution in [3.63, 3.8) is 0 Å². The molecule has 0 aromatic carbocycles. The van der Waals surface area contributed by atoms with Crippen molar-refractivity contribution in [3.05, 3.63) is 24.1 Å². The van der Waals surface area contributed by atoms with E-state index >= 15 is 0 Å². The van der Waals surface area contributed by atoms with Crippen LogP contribution < -0.4 is 0 Å². The number of rotatable bonds is 1. The molecule has 0 amide bonds. The molecule has 0 bridgehead atoms. The fourth-order valence-electron chi connectivity index (χ4n) is 1.25. The first-order valence-electron chi connectivity index (χ1n) is 4.78. The van der Waals surface area contributed by atoms with Gasteiger partial charge in [0.1, 0.15) is 11.8 Å². The Hall–Kier alpha value is -0.470. The normalized spacial score (nSPS) is 25.9. The van der Waals surface area contributed by atoms with Crippen LogP contribution in [0.1, 0.15) is 20.8 Å². The van der Waals surface area contributed by atoms with Crippen LogP contribution in [0.4, 0.5) is 0 Å². The summed E-state index contributed by atoms with van der Waals surface area (Å²) in [5.74, 6) is 0.888. The summed E-state index contributed by atoms with van der Waals surface area (Å²) in [7, 11) is 4.10. The van der Waals surface area contributed by atoms with Gasteiger partial charge in [0, 0.05) is 0 Å². The van der Waals surface area contributed by atoms with Crippen LogP contribution in [0, 0.1) is 0 Å². The van der Waals surface area contributed by atoms with Crippen molar-refractivity contribution < 1.29 is 9.22 Å². The summed E-state index contributed by atoms with van der Waals surface area (Å²) in [6.07, 6.45) is 5.93. The zero-order chi connectivity index (χ0) is 11.0. The van der Waals surface area contributed by atoms with E-state index in [4.69, 9.17) is 16.3 Å². The highest BCUT2D eigenvalue weighted by Gasteiger charge is 2.27. The van der Waals surface area contributed by atoms with E-state index in [1.54, 1.807) is 0 Å². The molecule has 0 N–H and O–H groups in total. The molecule has 0 spiro atoms. The summed E-state index contributed by atoms with van der Waals surface area (Å²) >= 11 is 6.13. The molecule has 1 aliphatic heterocycles. The summed E-state index contributed by atoms with van der Waals surface area (Å²) < 4.78 is 6.38. The standard InChI is InChI=1S/C11H19ClNO/c1-11(2,3)14-9-6-7-10(12)13(4,5)8-9/h6-8,10H,1-5H3/q+1. The summed E-state index contributed by atoms with van der Waals surface area (Å²) in [5, 5.41) is 0. The van der Waals surface area contributed by atoms with Crippen LogP contribution >= 0.6 is 11.6 Å². The van der Waals surface area contributed by atoms with Crippen LogP contribution in [-0.2, 0) is 4.74 Å². The minimum Gasteiger partial charge on any atom is -0.483 e. The molecule has 3 heteroatoms. The van der Waals surface area contributed by atoms with Crippen molar-refractivity contribution >= 4 is 11.6 Å². The highest BCUT2D eigenvalue weighted by atomic mass is 35.5. The fourth-order valence-corrected chi connectivity index (χ4v) is 1.38. The number of halogens is 1. The lowest BCUT2D eigenvalue weighted by atomic mass is 10.2. The first-order chi connectivity index (χ1) is 6.21. The second kappa shape index (κ2) is 3.59. The Morgan fingerprint density at radius 3 is 2.36 bits per heavy atom. The Morgan fingerprint density at radius 1 is 1.36 bits per heavy atom. The van der Waals surface area contributed by atoms with Gasteiger partial charge in [0.2, 0.25) is 0 Å². The van der Waals surface area contributed by atoms with Gasteiger partial charge >= 0.3 is 0 Å². The predicted octanol–water partition coefficient (Wildman–Crippen LogP) is 2.85. The third-order valence-electron chi connectivity index (χ3n) is 1.94. The molecule has 0 aliphatic carbocycles. The first kappa shape index (κ1) is 11.6. The lowest BCUT2D eigenvalue weighted by molar-refractivity contribution is -0.846. The van der Waals surface area contributed by atoms with Crippen LogP contribution in [-0.4, -0.2) is 29.7 Å². The van der Waals surface area contributed by atoms with E-state index in [2.05, 4.69) is 0 Å². The van der Waals surface area contributed by atoms with Crippen molar-refractivity contribution in [1.29, 1.82) is 0 Å². The number of allylic oxidation sites excluding steroid dienone is 1. The van der Waals surface area contributed by atoms with Crippen molar-refractivity contribution in [2.45, 2.75) is 31.9 Å². The summed E-state index contributed by atoms with van der Waals surface area (Å²) in [6, 6.07) is 0. The van der Waals surface area contributed by atoms with E-state index < -0.39 is 0 Å². The van der Waals surface area contributed by atoms with Gasteiger partial charge in [-0.15, -0.1) is 0 Å². The average molecular weight is 217 g/mol. The molecule has 0 saturated carbocycles. The third-order valence-corrected chi connectivity index (χ3v) is 2.59. The number of nitrogens with zero attached hydrogens (tertiary/aromatic N) is 1. The predicted molar refractivity (Wildman–Crippen MR) is 59.8 cm³/mol. The van der Waals surface area contributed by atoms with Gasteiger partial charge in [-0.1, -0.05) is 11.6 Å². The molecule has 1 aliphatic rings. The van der Waals surface area contributed by atoms with Crippen molar-refractivity contribution in [1.82, 2.24) is 0 Å². The SMILES string of the molecule is CC(C)(C)OC1=C[N+](C)(C)C(Cl)C=C1. The van der Waals surface area contributed by atoms with E-state index in [1.165, 1.54) is 0 Å². The maximum atomic E-state index is 6.13. The van der Waals surface area contributed by atoms with E-state index in [-0.39, 0.29) is 11.1 Å². The number of likely N-dealkylation sites (N-methyl/N-ethyl adjacent to an activating group) is 1. The molecule has 1 unspecified atom stereocenters. The highest BCUT2D eigenvalue weighted by molar-refractivity contribution is 6.20. The molecule has 14 heavy (non-hydrogen) atoms. The third kappa shape index (κ3) is 3.03. The molecule has 80 valence electrons. The number of alkyl halides is 1. The van der Waals surface area contributed by atoms with E-state index in [0.717, 1.165) is 5.76 Å². The maximum Gasteiger partial charge on any atom is 0.188 e. The largest absolute Gasteiger partial charge is 0.483 e. The van der Waals surface area contributed by atoms with Crippen LogP contribution in [0.15, 0.2) is 24.1 Å². The molecule has 0 saturated heterocycles. The quantitative estimate of drug-likeness (QED) is 0.372. The first-order valence-corrected chi connectivity index (χ1v) is 5.22. The maximum absolute atomic E-state index is 6.13. The Labute approximate surface area is 91.4 Å². The summed E-state index contributed by atoms with van der Waals surface area (Å²) in [5.41, 5.74) is -0.169. The van der Waals surface area contributed by atoms with Gasteiger partial charge in [0.05, 0.1) is 14.1 Å². The Morgan fingerprint density at radius 2 is 1.93 bits per heavy atom. The van der Waals surface area contributed by atoms with Gasteiger partial charge < -0.3 is 4.74 Å². The smallest absolute Gasteiger partial charge is 0.188 e. The average Bonchev–Trinajstić information content (AvgIpc) is 1.93. The van der Waals surface area contributed by atoms with Crippen LogP contribution in [0.25, 0.3) is 0 Å². The van der Waals surface area contributed by atoms with Gasteiger partial charge in [-0.25, -0.2) is 0 Å². The van der Waals surface area contributed by atoms with Gasteiger partial charge in [0.15, 0.2) is 11.3 Å². The number of hydrogen-bond donors (Lipinski definition) is 0. The van der Waals surface area contributed by atoms with Gasteiger partial charge in [-0.05, 0) is 32.9 Å². The van der Waals surface area contributed by atoms with Crippen LogP contribution in [0.3, 0.4) is 0 Å². The summed E-state index contributed by atoms with van der Waals surface area (Å²) in [4.78, 5) is 0. The lowest BCUT2D eigenvalue weighted by Gasteiger charge is -2.33. The molecule has 0 radical (unpaired) electrons. The Kier molecular flexibility index (Phi) is 2.98. The molecular formula is C11H19ClNO+. The number of ether oxygens (including phenoxy) is 1. The zero-order valence-corrected chi connectivity index (χ0v) is 10.3. The van der Waals surface area contributed by atoms with E-state index in [0.29, 0.717) is 4.48 Å². The summed E-state index contributed by atoms with van der Waals surface area (Å²) in [6.45, 7) is 6.11. The fraction of sp³-hybridized carbons (Fsp3) is 0.636. The second-order valence-corrected chi connectivity index (χ2v) is 5.55. The minimum atomic E-state index is -0.157. The second-order valence-electron chi connectivity index (χ2n) is 5.11. The van der Waals surface area contributed by atoms with Crippen molar-refractivity contribution in [2.24, 2.45) is 0 Å². The number of quaternary nitrogens is 1. The van der Waals surface area contributed by atoms with Gasteiger partial charge in [-0.3, -0.25) is 4.48 Å². The molecule has 2 nitrogen and oxygen atoms in total. The van der Waals surface area contributed by atoms with Crippen molar-refractivity contribution in [2.75, 3.05) is 14.1 Å². The van der Waals surface area contributed by atoms with Crippen LogP contribution in [0.2, 0.25) is 0 Å². The van der Waals surface area contributed by atoms with Gasteiger partial charge in [-0.2, -0.15) is 0 Å². The lowest BCUT2D eigenvalue weighted by Crippen LogP contribution is -2.41. The molecule has 1 atom stereocenters. The topological polar surface area (TPSA) is 9.23 Å². The molecule has 1 heterocycles. The number of hydrogen-bond acceptors (Lipinski definition) is 1. The minimum absolute atomic E-state index is 0.0117.